The number of anilines is 1. The van der Waals surface area contributed by atoms with Gasteiger partial charge >= 0.3 is 5.97 Å². The number of hydrogen-bond acceptors (Lipinski definition) is 4. The maximum atomic E-state index is 11.7. The highest BCUT2D eigenvalue weighted by molar-refractivity contribution is 6.46. The fourth-order valence-electron chi connectivity index (χ4n) is 0.988. The van der Waals surface area contributed by atoms with Crippen LogP contribution in [0.3, 0.4) is 0 Å². The molecule has 94 valence electrons. The van der Waals surface area contributed by atoms with Crippen LogP contribution >= 0.6 is 34.8 Å². The Labute approximate surface area is 114 Å². The lowest BCUT2D eigenvalue weighted by molar-refractivity contribution is 0.0328. The van der Waals surface area contributed by atoms with E-state index in [0.29, 0.717) is 6.42 Å². The number of pyridine rings is 1. The second kappa shape index (κ2) is 5.76. The number of aromatic nitrogens is 1. The lowest BCUT2D eigenvalue weighted by atomic mass is 10.3. The molecule has 2 N–H and O–H groups in total. The quantitative estimate of drug-likeness (QED) is 0.684. The van der Waals surface area contributed by atoms with E-state index in [1.807, 2.05) is 6.92 Å². The number of nitrogen functional groups attached to an aromatic ring is 1. The van der Waals surface area contributed by atoms with Gasteiger partial charge in [-0.3, -0.25) is 0 Å². The summed E-state index contributed by atoms with van der Waals surface area (Å²) in [6.45, 7) is 3.64. The summed E-state index contributed by atoms with van der Waals surface area (Å²) >= 11 is 17.3. The van der Waals surface area contributed by atoms with Gasteiger partial charge in [0.05, 0.1) is 16.8 Å². The minimum absolute atomic E-state index is 0.0180. The Hall–Kier alpha value is -0.710. The molecule has 4 nitrogen and oxygen atoms in total. The van der Waals surface area contributed by atoms with E-state index in [-0.39, 0.29) is 32.7 Å². The van der Waals surface area contributed by atoms with Crippen LogP contribution in [-0.4, -0.2) is 17.1 Å². The number of carbonyl (C=O) groups excluding carboxylic acids is 1. The summed E-state index contributed by atoms with van der Waals surface area (Å²) in [5.41, 5.74) is 5.48. The van der Waals surface area contributed by atoms with Crippen molar-refractivity contribution in [1.29, 1.82) is 0 Å². The molecule has 7 heteroatoms. The van der Waals surface area contributed by atoms with E-state index in [0.717, 1.165) is 0 Å². The molecule has 0 saturated heterocycles. The summed E-state index contributed by atoms with van der Waals surface area (Å²) in [6.07, 6.45) is 0.441. The maximum absolute atomic E-state index is 11.7. The molecule has 1 aromatic rings. The molecule has 0 fully saturated rings. The van der Waals surface area contributed by atoms with Gasteiger partial charge in [-0.1, -0.05) is 41.7 Å². The molecule has 17 heavy (non-hydrogen) atoms. The standard InChI is InChI=1S/C10H11Cl3N2O2/c1-3-4(2)17-10(16)8-5(11)7(14)6(12)9(13)15-8/h4H,3H2,1-2H3,(H2,14,15)/t4-/m1/s1. The van der Waals surface area contributed by atoms with E-state index in [1.165, 1.54) is 0 Å². The Morgan fingerprint density at radius 1 is 1.41 bits per heavy atom. The molecule has 0 bridgehead atoms. The molecule has 0 aliphatic heterocycles. The molecule has 1 rings (SSSR count). The zero-order chi connectivity index (χ0) is 13.2. The molecule has 1 aromatic heterocycles. The first-order valence-corrected chi connectivity index (χ1v) is 6.02. The topological polar surface area (TPSA) is 65.2 Å². The van der Waals surface area contributed by atoms with E-state index < -0.39 is 5.97 Å². The summed E-state index contributed by atoms with van der Waals surface area (Å²) in [6, 6.07) is 0. The summed E-state index contributed by atoms with van der Waals surface area (Å²) in [7, 11) is 0. The van der Waals surface area contributed by atoms with Gasteiger partial charge in [0.15, 0.2) is 10.8 Å². The molecule has 0 aromatic carbocycles. The Balaban J connectivity index is 3.11. The highest BCUT2D eigenvalue weighted by Crippen LogP contribution is 2.34. The predicted molar refractivity (Wildman–Crippen MR) is 68.8 cm³/mol. The van der Waals surface area contributed by atoms with E-state index in [1.54, 1.807) is 6.92 Å². The van der Waals surface area contributed by atoms with Crippen molar-refractivity contribution in [1.82, 2.24) is 4.98 Å². The fraction of sp³-hybridized carbons (Fsp3) is 0.400. The van der Waals surface area contributed by atoms with Crippen LogP contribution in [0.5, 0.6) is 0 Å². The predicted octanol–water partition coefficient (Wildman–Crippen LogP) is 3.58. The molecular formula is C10H11Cl3N2O2. The van der Waals surface area contributed by atoms with Crippen molar-refractivity contribution in [2.75, 3.05) is 5.73 Å². The highest BCUT2D eigenvalue weighted by Gasteiger charge is 2.21. The van der Waals surface area contributed by atoms with E-state index in [2.05, 4.69) is 4.98 Å². The SMILES string of the molecule is CC[C@@H](C)OC(=O)c1nc(Cl)c(Cl)c(N)c1Cl. The maximum Gasteiger partial charge on any atom is 0.358 e. The fourth-order valence-corrected chi connectivity index (χ4v) is 1.57. The molecule has 0 aliphatic carbocycles. The number of nitrogens with two attached hydrogens (primary N) is 1. The van der Waals surface area contributed by atoms with Crippen molar-refractivity contribution in [2.24, 2.45) is 0 Å². The van der Waals surface area contributed by atoms with Crippen molar-refractivity contribution in [3.05, 3.63) is 20.9 Å². The molecule has 1 heterocycles. The molecule has 0 unspecified atom stereocenters. The average Bonchev–Trinajstić information content (AvgIpc) is 2.30. The lowest BCUT2D eigenvalue weighted by Crippen LogP contribution is -2.16. The van der Waals surface area contributed by atoms with Gasteiger partial charge in [0.25, 0.3) is 0 Å². The number of nitrogens with zero attached hydrogens (tertiary/aromatic N) is 1. The van der Waals surface area contributed by atoms with Crippen LogP contribution in [0.4, 0.5) is 5.69 Å². The second-order valence-electron chi connectivity index (χ2n) is 3.42. The third-order valence-electron chi connectivity index (χ3n) is 2.15. The first kappa shape index (κ1) is 14.4. The van der Waals surface area contributed by atoms with E-state index in [4.69, 9.17) is 45.3 Å². The monoisotopic (exact) mass is 296 g/mol. The lowest BCUT2D eigenvalue weighted by Gasteiger charge is -2.12. The highest BCUT2D eigenvalue weighted by atomic mass is 35.5. The summed E-state index contributed by atoms with van der Waals surface area (Å²) in [5.74, 6) is -0.672. The summed E-state index contributed by atoms with van der Waals surface area (Å²) in [5, 5.41) is -0.103. The van der Waals surface area contributed by atoms with Gasteiger partial charge in [-0.15, -0.1) is 0 Å². The van der Waals surface area contributed by atoms with Gasteiger partial charge in [0.1, 0.15) is 5.02 Å². The van der Waals surface area contributed by atoms with Crippen molar-refractivity contribution in [3.8, 4) is 0 Å². The Morgan fingerprint density at radius 3 is 2.53 bits per heavy atom. The normalized spacial score (nSPS) is 12.3. The molecule has 0 amide bonds. The largest absolute Gasteiger partial charge is 0.458 e. The zero-order valence-electron chi connectivity index (χ0n) is 9.26. The summed E-state index contributed by atoms with van der Waals surface area (Å²) in [4.78, 5) is 15.5. The molecule has 0 saturated carbocycles. The zero-order valence-corrected chi connectivity index (χ0v) is 11.5. The van der Waals surface area contributed by atoms with E-state index in [9.17, 15) is 4.79 Å². The van der Waals surface area contributed by atoms with Gasteiger partial charge in [-0.25, -0.2) is 9.78 Å². The van der Waals surface area contributed by atoms with Crippen LogP contribution in [0, 0.1) is 0 Å². The van der Waals surface area contributed by atoms with Gasteiger partial charge in [0, 0.05) is 0 Å². The minimum Gasteiger partial charge on any atom is -0.458 e. The summed E-state index contributed by atoms with van der Waals surface area (Å²) < 4.78 is 5.07. The Morgan fingerprint density at radius 2 is 2.00 bits per heavy atom. The number of carbonyl (C=O) groups is 1. The van der Waals surface area contributed by atoms with Crippen LogP contribution < -0.4 is 5.73 Å². The van der Waals surface area contributed by atoms with E-state index >= 15 is 0 Å². The number of ether oxygens (including phenoxy) is 1. The van der Waals surface area contributed by atoms with Crippen LogP contribution in [0.1, 0.15) is 30.8 Å². The average molecular weight is 298 g/mol. The minimum atomic E-state index is -0.672. The van der Waals surface area contributed by atoms with Gasteiger partial charge < -0.3 is 10.5 Å². The van der Waals surface area contributed by atoms with Gasteiger partial charge in [-0.05, 0) is 13.3 Å². The Kier molecular flexibility index (Phi) is 4.86. The first-order chi connectivity index (χ1) is 7.88. The van der Waals surface area contributed by atoms with Crippen molar-refractivity contribution in [2.45, 2.75) is 26.4 Å². The Bertz CT molecular complexity index is 452. The van der Waals surface area contributed by atoms with Gasteiger partial charge in [0.2, 0.25) is 0 Å². The van der Waals surface area contributed by atoms with Crippen molar-refractivity contribution < 1.29 is 9.53 Å². The molecule has 0 aliphatic rings. The van der Waals surface area contributed by atoms with Gasteiger partial charge in [-0.2, -0.15) is 0 Å². The smallest absolute Gasteiger partial charge is 0.358 e. The van der Waals surface area contributed by atoms with Crippen LogP contribution in [0.15, 0.2) is 0 Å². The first-order valence-electron chi connectivity index (χ1n) is 4.89. The number of esters is 1. The number of hydrogen-bond donors (Lipinski definition) is 1. The van der Waals surface area contributed by atoms with Crippen LogP contribution in [-0.2, 0) is 4.74 Å². The molecule has 0 radical (unpaired) electrons. The van der Waals surface area contributed by atoms with Crippen LogP contribution in [0.2, 0.25) is 15.2 Å². The van der Waals surface area contributed by atoms with Crippen LogP contribution in [0.25, 0.3) is 0 Å². The molecule has 1 atom stereocenters. The second-order valence-corrected chi connectivity index (χ2v) is 4.53. The van der Waals surface area contributed by atoms with Crippen molar-refractivity contribution in [3.63, 3.8) is 0 Å². The molecular weight excluding hydrogens is 286 g/mol. The number of halogens is 3. The molecule has 0 spiro atoms. The third-order valence-corrected chi connectivity index (χ3v) is 3.28. The number of rotatable bonds is 3. The third kappa shape index (κ3) is 3.15. The van der Waals surface area contributed by atoms with Crippen molar-refractivity contribution >= 4 is 46.5 Å².